The summed E-state index contributed by atoms with van der Waals surface area (Å²) in [6.45, 7) is 6.00. The first kappa shape index (κ1) is 17.4. The summed E-state index contributed by atoms with van der Waals surface area (Å²) in [4.78, 5) is 28.2. The second-order valence-corrected chi connectivity index (χ2v) is 9.89. The van der Waals surface area contributed by atoms with Gasteiger partial charge in [0.1, 0.15) is 6.04 Å². The van der Waals surface area contributed by atoms with E-state index in [1.807, 2.05) is 4.90 Å². The molecule has 1 aliphatic heterocycles. The van der Waals surface area contributed by atoms with Crippen molar-refractivity contribution in [3.8, 4) is 0 Å². The predicted molar refractivity (Wildman–Crippen MR) is 97.8 cm³/mol. The first-order valence-corrected chi connectivity index (χ1v) is 10.5. The number of nitrogens with zero attached hydrogens (tertiary/aromatic N) is 1. The molecule has 0 spiro atoms. The third-order valence-corrected chi connectivity index (χ3v) is 7.25. The molecule has 5 rings (SSSR count). The summed E-state index contributed by atoms with van der Waals surface area (Å²) in [5.74, 6) is 3.04. The average Bonchev–Trinajstić information content (AvgIpc) is 3.06. The van der Waals surface area contributed by atoms with E-state index in [1.54, 1.807) is 0 Å². The Morgan fingerprint density at radius 2 is 1.52 bits per heavy atom. The van der Waals surface area contributed by atoms with Crippen LogP contribution in [-0.2, 0) is 9.59 Å². The van der Waals surface area contributed by atoms with Gasteiger partial charge < -0.3 is 10.2 Å². The van der Waals surface area contributed by atoms with Crippen LogP contribution >= 0.6 is 0 Å². The summed E-state index contributed by atoms with van der Waals surface area (Å²) in [7, 11) is 0. The molecule has 0 aromatic heterocycles. The molecule has 5 aliphatic rings. The summed E-state index contributed by atoms with van der Waals surface area (Å²) in [6.07, 6.45) is 10.2. The number of hydrogen-bond donors (Lipinski definition) is 1. The molecule has 1 saturated heterocycles. The van der Waals surface area contributed by atoms with Gasteiger partial charge in [-0.15, -0.1) is 0 Å². The molecule has 2 amide bonds. The van der Waals surface area contributed by atoms with Crippen molar-refractivity contribution in [3.63, 3.8) is 0 Å². The minimum absolute atomic E-state index is 0.157. The predicted octanol–water partition coefficient (Wildman–Crippen LogP) is 3.36. The first-order valence-electron chi connectivity index (χ1n) is 10.5. The maximum absolute atomic E-state index is 13.3. The first-order chi connectivity index (χ1) is 11.9. The molecule has 5 fully saturated rings. The molecule has 0 radical (unpaired) electrons. The van der Waals surface area contributed by atoms with E-state index in [-0.39, 0.29) is 23.3 Å². The molecule has 4 saturated carbocycles. The standard InChI is InChI=1S/C21H34N2O2/c1-14(2)7-18(19(24)23-5-3-4-6-23)22-20(25)21-11-15-8-16(12-21)10-17(9-15)13-21/h14-18H,3-13H2,1-2H3,(H,22,25)/t15?,16?,17?,18-,21?/m1/s1. The third kappa shape index (κ3) is 3.33. The topological polar surface area (TPSA) is 49.4 Å². The fourth-order valence-corrected chi connectivity index (χ4v) is 6.55. The minimum atomic E-state index is -0.321. The Balaban J connectivity index is 1.47. The third-order valence-electron chi connectivity index (χ3n) is 7.25. The number of carbonyl (C=O) groups excluding carboxylic acids is 2. The highest BCUT2D eigenvalue weighted by Gasteiger charge is 2.55. The number of amides is 2. The maximum Gasteiger partial charge on any atom is 0.245 e. The fraction of sp³-hybridized carbons (Fsp3) is 0.905. The summed E-state index contributed by atoms with van der Waals surface area (Å²) in [5, 5.41) is 3.25. The summed E-state index contributed by atoms with van der Waals surface area (Å²) in [6, 6.07) is -0.321. The van der Waals surface area contributed by atoms with E-state index in [2.05, 4.69) is 19.2 Å². The van der Waals surface area contributed by atoms with Crippen LogP contribution < -0.4 is 5.32 Å². The van der Waals surface area contributed by atoms with Gasteiger partial charge in [0.2, 0.25) is 11.8 Å². The molecule has 4 aliphatic carbocycles. The normalized spacial score (nSPS) is 37.6. The zero-order valence-electron chi connectivity index (χ0n) is 15.9. The second-order valence-electron chi connectivity index (χ2n) is 9.89. The Kier molecular flexibility index (Phi) is 4.57. The van der Waals surface area contributed by atoms with Crippen LogP contribution in [-0.4, -0.2) is 35.8 Å². The van der Waals surface area contributed by atoms with E-state index in [0.29, 0.717) is 5.92 Å². The highest BCUT2D eigenvalue weighted by atomic mass is 16.2. The lowest BCUT2D eigenvalue weighted by Gasteiger charge is -2.55. The van der Waals surface area contributed by atoms with Gasteiger partial charge >= 0.3 is 0 Å². The van der Waals surface area contributed by atoms with Gasteiger partial charge in [-0.1, -0.05) is 13.8 Å². The number of nitrogens with one attached hydrogen (secondary N) is 1. The Hall–Kier alpha value is -1.06. The lowest BCUT2D eigenvalue weighted by atomic mass is 9.49. The monoisotopic (exact) mass is 346 g/mol. The lowest BCUT2D eigenvalue weighted by Crippen LogP contribution is -2.57. The van der Waals surface area contributed by atoms with Crippen molar-refractivity contribution in [2.75, 3.05) is 13.1 Å². The van der Waals surface area contributed by atoms with Gasteiger partial charge in [0.05, 0.1) is 0 Å². The van der Waals surface area contributed by atoms with Crippen molar-refractivity contribution in [2.24, 2.45) is 29.1 Å². The summed E-state index contributed by atoms with van der Waals surface area (Å²) >= 11 is 0. The zero-order chi connectivity index (χ0) is 17.6. The van der Waals surface area contributed by atoms with Gasteiger partial charge in [-0.3, -0.25) is 9.59 Å². The molecule has 4 nitrogen and oxygen atoms in total. The van der Waals surface area contributed by atoms with Gasteiger partial charge in [-0.05, 0) is 81.5 Å². The molecule has 25 heavy (non-hydrogen) atoms. The smallest absolute Gasteiger partial charge is 0.245 e. The molecule has 0 unspecified atom stereocenters. The Bertz CT molecular complexity index is 501. The number of likely N-dealkylation sites (tertiary alicyclic amines) is 1. The van der Waals surface area contributed by atoms with Crippen LogP contribution in [0.4, 0.5) is 0 Å². The quantitative estimate of drug-likeness (QED) is 0.830. The van der Waals surface area contributed by atoms with E-state index < -0.39 is 0 Å². The minimum Gasteiger partial charge on any atom is -0.344 e. The van der Waals surface area contributed by atoms with Crippen LogP contribution in [0, 0.1) is 29.1 Å². The molecule has 0 aromatic rings. The van der Waals surface area contributed by atoms with Crippen LogP contribution in [0.1, 0.15) is 71.6 Å². The van der Waals surface area contributed by atoms with Gasteiger partial charge in [-0.2, -0.15) is 0 Å². The second kappa shape index (κ2) is 6.59. The Morgan fingerprint density at radius 3 is 2.00 bits per heavy atom. The van der Waals surface area contributed by atoms with E-state index in [4.69, 9.17) is 0 Å². The van der Waals surface area contributed by atoms with Crippen molar-refractivity contribution in [1.29, 1.82) is 0 Å². The zero-order valence-corrected chi connectivity index (χ0v) is 15.9. The van der Waals surface area contributed by atoms with Crippen molar-refractivity contribution < 1.29 is 9.59 Å². The van der Waals surface area contributed by atoms with Gasteiger partial charge in [0.15, 0.2) is 0 Å². The molecule has 4 bridgehead atoms. The number of rotatable bonds is 5. The van der Waals surface area contributed by atoms with Crippen LogP contribution in [0.3, 0.4) is 0 Å². The van der Waals surface area contributed by atoms with E-state index in [1.165, 1.54) is 19.3 Å². The average molecular weight is 347 g/mol. The molecule has 0 aromatic carbocycles. The van der Waals surface area contributed by atoms with Gasteiger partial charge in [0, 0.05) is 18.5 Å². The van der Waals surface area contributed by atoms with Crippen LogP contribution in [0.25, 0.3) is 0 Å². The number of carbonyl (C=O) groups is 2. The van der Waals surface area contributed by atoms with Crippen LogP contribution in [0.2, 0.25) is 0 Å². The molecular weight excluding hydrogens is 312 g/mol. The van der Waals surface area contributed by atoms with Crippen molar-refractivity contribution in [3.05, 3.63) is 0 Å². The Morgan fingerprint density at radius 1 is 1.00 bits per heavy atom. The summed E-state index contributed by atoms with van der Waals surface area (Å²) in [5.41, 5.74) is -0.157. The van der Waals surface area contributed by atoms with E-state index in [9.17, 15) is 9.59 Å². The van der Waals surface area contributed by atoms with Crippen molar-refractivity contribution in [1.82, 2.24) is 10.2 Å². The molecule has 4 heteroatoms. The van der Waals surface area contributed by atoms with Crippen LogP contribution in [0.15, 0.2) is 0 Å². The lowest BCUT2D eigenvalue weighted by molar-refractivity contribution is -0.150. The fourth-order valence-electron chi connectivity index (χ4n) is 6.55. The van der Waals surface area contributed by atoms with Crippen molar-refractivity contribution >= 4 is 11.8 Å². The Labute approximate surface area is 152 Å². The summed E-state index contributed by atoms with van der Waals surface area (Å²) < 4.78 is 0. The van der Waals surface area contributed by atoms with Gasteiger partial charge in [0.25, 0.3) is 0 Å². The SMILES string of the molecule is CC(C)C[C@@H](NC(=O)C12CC3CC(CC(C3)C1)C2)C(=O)N1CCCC1. The highest BCUT2D eigenvalue weighted by molar-refractivity contribution is 5.90. The molecule has 1 atom stereocenters. The van der Waals surface area contributed by atoms with Gasteiger partial charge in [-0.25, -0.2) is 0 Å². The van der Waals surface area contributed by atoms with E-state index >= 15 is 0 Å². The van der Waals surface area contributed by atoms with E-state index in [0.717, 1.165) is 69.4 Å². The molecule has 140 valence electrons. The van der Waals surface area contributed by atoms with Crippen molar-refractivity contribution in [2.45, 2.75) is 77.7 Å². The molecule has 1 heterocycles. The van der Waals surface area contributed by atoms with Crippen LogP contribution in [0.5, 0.6) is 0 Å². The molecule has 1 N–H and O–H groups in total. The maximum atomic E-state index is 13.3. The molecular formula is C21H34N2O2. The highest BCUT2D eigenvalue weighted by Crippen LogP contribution is 2.60. The number of hydrogen-bond acceptors (Lipinski definition) is 2. The largest absolute Gasteiger partial charge is 0.344 e.